The summed E-state index contributed by atoms with van der Waals surface area (Å²) in [5.41, 5.74) is 0. The van der Waals surface area contributed by atoms with Crippen LogP contribution in [0.3, 0.4) is 0 Å². The van der Waals surface area contributed by atoms with Gasteiger partial charge in [0.25, 0.3) is 0 Å². The van der Waals surface area contributed by atoms with Gasteiger partial charge in [-0.2, -0.15) is 4.89 Å². The van der Waals surface area contributed by atoms with Crippen LogP contribution in [0.25, 0.3) is 0 Å². The van der Waals surface area contributed by atoms with E-state index in [9.17, 15) is 9.59 Å². The third-order valence-corrected chi connectivity index (χ3v) is 1.95. The monoisotopic (exact) mass is 218 g/mol. The molecule has 0 atom stereocenters. The summed E-state index contributed by atoms with van der Waals surface area (Å²) in [5.74, 6) is -1.11. The lowest BCUT2D eigenvalue weighted by Crippen LogP contribution is -2.02. The molecule has 0 saturated carbocycles. The van der Waals surface area contributed by atoms with E-state index in [4.69, 9.17) is 5.11 Å². The molecule has 0 unspecified atom stereocenters. The lowest BCUT2D eigenvalue weighted by atomic mass is 10.1. The first-order valence-electron chi connectivity index (χ1n) is 5.12. The molecule has 0 rings (SSSR count). The average molecular weight is 218 g/mol. The van der Waals surface area contributed by atoms with Gasteiger partial charge in [-0.15, -0.1) is 0 Å². The van der Waals surface area contributed by atoms with E-state index in [0.29, 0.717) is 12.8 Å². The van der Waals surface area contributed by atoms with Crippen molar-refractivity contribution in [3.63, 3.8) is 0 Å². The fraction of sp³-hybridized carbons (Fsp3) is 0.800. The molecule has 0 aliphatic carbocycles. The maximum Gasteiger partial charge on any atom is 0.342 e. The van der Waals surface area contributed by atoms with Crippen LogP contribution in [0.5, 0.6) is 0 Å². The van der Waals surface area contributed by atoms with Crippen LogP contribution >= 0.6 is 0 Å². The molecule has 0 heterocycles. The lowest BCUT2D eigenvalue weighted by Gasteiger charge is -2.00. The highest BCUT2D eigenvalue weighted by Gasteiger charge is 2.02. The maximum absolute atomic E-state index is 10.8. The first-order valence-corrected chi connectivity index (χ1v) is 5.12. The van der Waals surface area contributed by atoms with Crippen LogP contribution in [-0.2, 0) is 19.4 Å². The Morgan fingerprint density at radius 3 is 2.07 bits per heavy atom. The molecule has 0 radical (unpaired) electrons. The van der Waals surface area contributed by atoms with Gasteiger partial charge in [0.1, 0.15) is 0 Å². The Labute approximate surface area is 89.3 Å². The Balaban J connectivity index is 3.11. The third kappa shape index (κ3) is 10.8. The number of carboxylic acids is 1. The molecule has 15 heavy (non-hydrogen) atoms. The van der Waals surface area contributed by atoms with Crippen LogP contribution in [0.2, 0.25) is 0 Å². The summed E-state index contributed by atoms with van der Waals surface area (Å²) in [6.07, 6.45) is 4.81. The maximum atomic E-state index is 10.8. The Bertz CT molecular complexity index is 190. The quantitative estimate of drug-likeness (QED) is 0.363. The molecule has 0 saturated heterocycles. The summed E-state index contributed by atoms with van der Waals surface area (Å²) >= 11 is 0. The zero-order chi connectivity index (χ0) is 11.5. The van der Waals surface area contributed by atoms with Gasteiger partial charge in [-0.1, -0.05) is 19.3 Å². The Morgan fingerprint density at radius 1 is 1.00 bits per heavy atom. The summed E-state index contributed by atoms with van der Waals surface area (Å²) in [4.78, 5) is 29.5. The number of hydrogen-bond acceptors (Lipinski definition) is 4. The minimum Gasteiger partial charge on any atom is -0.481 e. The van der Waals surface area contributed by atoms with Crippen molar-refractivity contribution in [3.8, 4) is 0 Å². The first-order chi connectivity index (χ1) is 7.16. The Hall–Kier alpha value is -1.10. The number of unbranched alkanes of at least 4 members (excludes halogenated alkanes) is 4. The van der Waals surface area contributed by atoms with Crippen molar-refractivity contribution in [2.24, 2.45) is 0 Å². The fourth-order valence-corrected chi connectivity index (χ4v) is 1.21. The van der Waals surface area contributed by atoms with E-state index in [1.807, 2.05) is 0 Å². The van der Waals surface area contributed by atoms with Crippen molar-refractivity contribution in [3.05, 3.63) is 0 Å². The number of aliphatic carboxylic acids is 1. The van der Waals surface area contributed by atoms with Gasteiger partial charge in [-0.25, -0.2) is 4.79 Å². The minimum absolute atomic E-state index is 0.228. The molecule has 5 nitrogen and oxygen atoms in total. The molecule has 5 heteroatoms. The van der Waals surface area contributed by atoms with E-state index in [2.05, 4.69) is 9.78 Å². The standard InChI is InChI=1S/C10H18O5/c1-14-15-10(13)8-6-4-2-3-5-7-9(11)12/h2-8H2,1H3,(H,11,12). The molecule has 1 N–H and O–H groups in total. The molecule has 0 amide bonds. The molecule has 0 aliphatic heterocycles. The highest BCUT2D eigenvalue weighted by molar-refractivity contribution is 5.68. The predicted molar refractivity (Wildman–Crippen MR) is 53.1 cm³/mol. The molecular weight excluding hydrogens is 200 g/mol. The summed E-state index contributed by atoms with van der Waals surface area (Å²) in [6.45, 7) is 0. The second-order valence-corrected chi connectivity index (χ2v) is 3.28. The zero-order valence-corrected chi connectivity index (χ0v) is 9.03. The number of rotatable bonds is 9. The minimum atomic E-state index is -0.751. The zero-order valence-electron chi connectivity index (χ0n) is 9.03. The molecule has 0 aromatic carbocycles. The van der Waals surface area contributed by atoms with Gasteiger partial charge >= 0.3 is 11.9 Å². The van der Waals surface area contributed by atoms with Crippen LogP contribution in [-0.4, -0.2) is 24.2 Å². The second kappa shape index (κ2) is 9.45. The van der Waals surface area contributed by atoms with Crippen LogP contribution in [0.1, 0.15) is 44.9 Å². The number of hydrogen-bond donors (Lipinski definition) is 1. The molecular formula is C10H18O5. The topological polar surface area (TPSA) is 72.8 Å². The first kappa shape index (κ1) is 13.9. The summed E-state index contributed by atoms with van der Waals surface area (Å²) < 4.78 is 0. The highest BCUT2D eigenvalue weighted by Crippen LogP contribution is 2.07. The van der Waals surface area contributed by atoms with Crippen LogP contribution in [0, 0.1) is 0 Å². The lowest BCUT2D eigenvalue weighted by molar-refractivity contribution is -0.255. The van der Waals surface area contributed by atoms with E-state index < -0.39 is 5.97 Å². The summed E-state index contributed by atoms with van der Waals surface area (Å²) in [7, 11) is 1.30. The van der Waals surface area contributed by atoms with Crippen LogP contribution < -0.4 is 0 Å². The molecule has 0 fully saturated rings. The molecule has 0 aromatic rings. The van der Waals surface area contributed by atoms with Gasteiger partial charge in [-0.05, 0) is 12.8 Å². The Morgan fingerprint density at radius 2 is 1.53 bits per heavy atom. The molecule has 0 spiro atoms. The second-order valence-electron chi connectivity index (χ2n) is 3.28. The number of carbonyl (C=O) groups is 2. The smallest absolute Gasteiger partial charge is 0.342 e. The number of carboxylic acid groups (broad SMARTS) is 1. The van der Waals surface area contributed by atoms with E-state index in [1.54, 1.807) is 0 Å². The van der Waals surface area contributed by atoms with E-state index in [-0.39, 0.29) is 12.4 Å². The van der Waals surface area contributed by atoms with Crippen LogP contribution in [0.4, 0.5) is 0 Å². The third-order valence-electron chi connectivity index (χ3n) is 1.95. The molecule has 0 bridgehead atoms. The van der Waals surface area contributed by atoms with E-state index >= 15 is 0 Å². The van der Waals surface area contributed by atoms with Crippen molar-refractivity contribution in [1.29, 1.82) is 0 Å². The van der Waals surface area contributed by atoms with Crippen molar-refractivity contribution in [2.75, 3.05) is 7.11 Å². The van der Waals surface area contributed by atoms with Gasteiger partial charge in [0.2, 0.25) is 0 Å². The van der Waals surface area contributed by atoms with Crippen LogP contribution in [0.15, 0.2) is 0 Å². The number of carbonyl (C=O) groups excluding carboxylic acids is 1. The molecule has 88 valence electrons. The molecule has 0 aliphatic rings. The SMILES string of the molecule is COOC(=O)CCCCCCCC(=O)O. The summed E-state index contributed by atoms with van der Waals surface area (Å²) in [6, 6.07) is 0. The largest absolute Gasteiger partial charge is 0.481 e. The van der Waals surface area contributed by atoms with Gasteiger partial charge < -0.3 is 5.11 Å². The van der Waals surface area contributed by atoms with Crippen molar-refractivity contribution in [2.45, 2.75) is 44.9 Å². The summed E-state index contributed by atoms with van der Waals surface area (Å²) in [5, 5.41) is 8.37. The fourth-order valence-electron chi connectivity index (χ4n) is 1.21. The molecule has 0 aromatic heterocycles. The van der Waals surface area contributed by atoms with Gasteiger partial charge in [0, 0.05) is 12.8 Å². The predicted octanol–water partition coefficient (Wildman–Crippen LogP) is 1.91. The van der Waals surface area contributed by atoms with Gasteiger partial charge in [-0.3, -0.25) is 9.68 Å². The van der Waals surface area contributed by atoms with E-state index in [0.717, 1.165) is 25.7 Å². The van der Waals surface area contributed by atoms with Gasteiger partial charge in [0.05, 0.1) is 7.11 Å². The Kier molecular flexibility index (Phi) is 8.76. The highest BCUT2D eigenvalue weighted by atomic mass is 17.2. The van der Waals surface area contributed by atoms with E-state index in [1.165, 1.54) is 7.11 Å². The van der Waals surface area contributed by atoms with Crippen molar-refractivity contribution >= 4 is 11.9 Å². The van der Waals surface area contributed by atoms with Gasteiger partial charge in [0.15, 0.2) is 0 Å². The normalized spacial score (nSPS) is 9.93. The van der Waals surface area contributed by atoms with Crippen molar-refractivity contribution < 1.29 is 24.5 Å². The van der Waals surface area contributed by atoms with Crippen molar-refractivity contribution in [1.82, 2.24) is 0 Å². The average Bonchev–Trinajstić information content (AvgIpc) is 2.16.